The molecule has 2 aliphatic carbocycles. The molecule has 4 rings (SSSR count). The van der Waals surface area contributed by atoms with Gasteiger partial charge >= 0.3 is 0 Å². The Morgan fingerprint density at radius 3 is 1.24 bits per heavy atom. The molecule has 0 aromatic heterocycles. The number of unbranched alkanes of at least 4 members (excludes halogenated alkanes) is 6. The van der Waals surface area contributed by atoms with Crippen LogP contribution in [-0.2, 0) is 22.4 Å². The number of hydrogen-bond acceptors (Lipinski definition) is 4. The van der Waals surface area contributed by atoms with Crippen molar-refractivity contribution in [1.82, 2.24) is 0 Å². The molecule has 4 heteroatoms. The van der Waals surface area contributed by atoms with Crippen molar-refractivity contribution in [2.24, 2.45) is 11.5 Å². The molecule has 0 amide bonds. The van der Waals surface area contributed by atoms with Crippen LogP contribution in [0, 0.1) is 0 Å². The van der Waals surface area contributed by atoms with E-state index in [1.165, 1.54) is 49.7 Å². The summed E-state index contributed by atoms with van der Waals surface area (Å²) in [7, 11) is 0. The monoisotopic (exact) mass is 508 g/mol. The molecule has 0 fully saturated rings. The lowest BCUT2D eigenvalue weighted by Gasteiger charge is -2.25. The summed E-state index contributed by atoms with van der Waals surface area (Å²) < 4.78 is 0. The molecule has 2 aromatic rings. The van der Waals surface area contributed by atoms with Crippen LogP contribution in [0.5, 0.6) is 0 Å². The number of nitrogens with two attached hydrogens (primary N) is 2. The average Bonchev–Trinajstić information content (AvgIpc) is 2.93. The van der Waals surface area contributed by atoms with Gasteiger partial charge in [0.05, 0.1) is 11.1 Å². The van der Waals surface area contributed by atoms with Crippen molar-refractivity contribution in [3.05, 3.63) is 105 Å². The first-order chi connectivity index (χ1) is 18.4. The van der Waals surface area contributed by atoms with Crippen molar-refractivity contribution in [2.45, 2.75) is 78.1 Å². The van der Waals surface area contributed by atoms with Gasteiger partial charge in [0.1, 0.15) is 0 Å². The van der Waals surface area contributed by atoms with E-state index in [1.54, 1.807) is 12.2 Å². The Morgan fingerprint density at radius 2 is 0.895 bits per heavy atom. The van der Waals surface area contributed by atoms with Crippen molar-refractivity contribution in [3.8, 4) is 0 Å². The molecule has 0 unspecified atom stereocenters. The van der Waals surface area contributed by atoms with Gasteiger partial charge < -0.3 is 11.5 Å². The molecule has 0 saturated carbocycles. The van der Waals surface area contributed by atoms with Crippen LogP contribution in [0.25, 0.3) is 11.1 Å². The smallest absolute Gasteiger partial charge is 0.196 e. The van der Waals surface area contributed by atoms with Gasteiger partial charge in [-0.05, 0) is 60.1 Å². The van der Waals surface area contributed by atoms with Crippen molar-refractivity contribution >= 4 is 22.7 Å². The lowest BCUT2D eigenvalue weighted by molar-refractivity contribution is -0.113. The second-order valence-electron chi connectivity index (χ2n) is 10.5. The number of Topliss-reactive ketones (excluding diaryl/α,β-unsaturated/α-hetero) is 2. The molecule has 4 N–H and O–H groups in total. The van der Waals surface area contributed by atoms with E-state index in [9.17, 15) is 9.59 Å². The summed E-state index contributed by atoms with van der Waals surface area (Å²) in [5, 5.41) is 0. The third-order valence-electron chi connectivity index (χ3n) is 7.54. The molecule has 0 heterocycles. The highest BCUT2D eigenvalue weighted by Crippen LogP contribution is 2.38. The number of ketones is 2. The summed E-state index contributed by atoms with van der Waals surface area (Å²) >= 11 is 0. The fourth-order valence-electron chi connectivity index (χ4n) is 5.28. The molecule has 0 spiro atoms. The van der Waals surface area contributed by atoms with Gasteiger partial charge in [-0.2, -0.15) is 0 Å². The second kappa shape index (κ2) is 12.7. The Bertz CT molecular complexity index is 1200. The van der Waals surface area contributed by atoms with E-state index in [4.69, 9.17) is 11.5 Å². The van der Waals surface area contributed by atoms with E-state index in [1.807, 2.05) is 24.3 Å². The Morgan fingerprint density at radius 1 is 0.526 bits per heavy atom. The molecule has 38 heavy (non-hydrogen) atoms. The molecule has 0 bridgehead atoms. The van der Waals surface area contributed by atoms with E-state index in [0.717, 1.165) is 36.8 Å². The molecule has 0 radical (unpaired) electrons. The number of rotatable bonds is 12. The third kappa shape index (κ3) is 6.07. The first-order valence-electron chi connectivity index (χ1n) is 14.2. The minimum Gasteiger partial charge on any atom is -0.398 e. The van der Waals surface area contributed by atoms with Gasteiger partial charge in [0, 0.05) is 22.5 Å². The molecule has 2 aliphatic rings. The zero-order valence-corrected chi connectivity index (χ0v) is 22.8. The van der Waals surface area contributed by atoms with Crippen LogP contribution in [0.4, 0.5) is 0 Å². The predicted molar refractivity (Wildman–Crippen MR) is 157 cm³/mol. The summed E-state index contributed by atoms with van der Waals surface area (Å²) in [6.07, 6.45) is 15.0. The van der Waals surface area contributed by atoms with E-state index >= 15 is 0 Å². The number of carbonyl (C=O) groups is 2. The van der Waals surface area contributed by atoms with Gasteiger partial charge in [-0.1, -0.05) is 101 Å². The largest absolute Gasteiger partial charge is 0.398 e. The van der Waals surface area contributed by atoms with Gasteiger partial charge in [0.15, 0.2) is 11.6 Å². The number of fused-ring (bicyclic) bond motifs is 1. The maximum atomic E-state index is 13.5. The Balaban J connectivity index is 1.54. The van der Waals surface area contributed by atoms with Crippen LogP contribution in [0.15, 0.2) is 83.2 Å². The molecule has 0 atom stereocenters. The Hall–Kier alpha value is -3.66. The number of hydrogen-bond donors (Lipinski definition) is 2. The first-order valence-corrected chi connectivity index (χ1v) is 14.2. The average molecular weight is 509 g/mol. The van der Waals surface area contributed by atoms with Crippen molar-refractivity contribution < 1.29 is 9.59 Å². The summed E-state index contributed by atoms with van der Waals surface area (Å²) in [6.45, 7) is 4.42. The number of carbonyl (C=O) groups excluding carboxylic acids is 2. The molecule has 0 aliphatic heterocycles. The predicted octanol–water partition coefficient (Wildman–Crippen LogP) is 6.99. The molecule has 2 aromatic carbocycles. The van der Waals surface area contributed by atoms with Crippen LogP contribution in [-0.4, -0.2) is 11.6 Å². The van der Waals surface area contributed by atoms with Gasteiger partial charge in [0.25, 0.3) is 0 Å². The number of allylic oxidation sites excluding steroid dienone is 6. The lowest BCUT2D eigenvalue weighted by atomic mass is 9.77. The molecule has 4 nitrogen and oxygen atoms in total. The highest BCUT2D eigenvalue weighted by Gasteiger charge is 2.36. The molecule has 0 saturated heterocycles. The van der Waals surface area contributed by atoms with Crippen LogP contribution in [0.1, 0.15) is 87.5 Å². The van der Waals surface area contributed by atoms with Crippen LogP contribution in [0.3, 0.4) is 0 Å². The zero-order chi connectivity index (χ0) is 27.1. The van der Waals surface area contributed by atoms with Crippen molar-refractivity contribution in [3.63, 3.8) is 0 Å². The summed E-state index contributed by atoms with van der Waals surface area (Å²) in [4.78, 5) is 27.1. The molecular weight excluding hydrogens is 468 g/mol. The Kier molecular flexibility index (Phi) is 9.17. The third-order valence-corrected chi connectivity index (χ3v) is 7.54. The SMILES string of the molecule is CCCCCCc1ccc(C2=CC(N)=C3C(=O)C(c4ccc(CCCCCC)cc4)=CC(N)=C3C2=O)cc1. The Labute approximate surface area is 227 Å². The normalized spacial score (nSPS) is 15.5. The first kappa shape index (κ1) is 27.4. The van der Waals surface area contributed by atoms with Crippen molar-refractivity contribution in [1.29, 1.82) is 0 Å². The quantitative estimate of drug-likeness (QED) is 0.303. The topological polar surface area (TPSA) is 86.2 Å². The van der Waals surface area contributed by atoms with Gasteiger partial charge in [-0.15, -0.1) is 0 Å². The summed E-state index contributed by atoms with van der Waals surface area (Å²) in [5.41, 5.74) is 18.8. The van der Waals surface area contributed by atoms with Crippen LogP contribution >= 0.6 is 0 Å². The summed E-state index contributed by atoms with van der Waals surface area (Å²) in [5.74, 6) is -0.512. The second-order valence-corrected chi connectivity index (χ2v) is 10.5. The number of aryl methyl sites for hydroxylation is 2. The molecule has 198 valence electrons. The van der Waals surface area contributed by atoms with E-state index in [0.29, 0.717) is 11.1 Å². The van der Waals surface area contributed by atoms with Gasteiger partial charge in [-0.3, -0.25) is 9.59 Å². The standard InChI is InChI=1S/C34H40N2O2/c1-3-5-7-9-11-23-13-17-25(18-14-23)27-21-29(35)32-31(33(27)37)30(36)22-28(34(32)38)26-19-15-24(16-20-26)12-10-8-6-4-2/h13-22H,3-12,35-36H2,1-2H3. The fraction of sp³-hybridized carbons (Fsp3) is 0.353. The van der Waals surface area contributed by atoms with E-state index < -0.39 is 0 Å². The summed E-state index contributed by atoms with van der Waals surface area (Å²) in [6, 6.07) is 16.1. The van der Waals surface area contributed by atoms with Crippen LogP contribution < -0.4 is 11.5 Å². The minimum absolute atomic E-state index is 0.213. The number of benzene rings is 2. The fourth-order valence-corrected chi connectivity index (χ4v) is 5.28. The van der Waals surface area contributed by atoms with Gasteiger partial charge in [-0.25, -0.2) is 0 Å². The van der Waals surface area contributed by atoms with Crippen molar-refractivity contribution in [2.75, 3.05) is 0 Å². The van der Waals surface area contributed by atoms with Gasteiger partial charge in [0.2, 0.25) is 0 Å². The lowest BCUT2D eigenvalue weighted by Crippen LogP contribution is -2.28. The van der Waals surface area contributed by atoms with Crippen LogP contribution in [0.2, 0.25) is 0 Å². The maximum absolute atomic E-state index is 13.5. The van der Waals surface area contributed by atoms with E-state index in [-0.39, 0.29) is 34.1 Å². The highest BCUT2D eigenvalue weighted by atomic mass is 16.1. The minimum atomic E-state index is -0.256. The van der Waals surface area contributed by atoms with E-state index in [2.05, 4.69) is 38.1 Å². The molecular formula is C34H40N2O2. The highest BCUT2D eigenvalue weighted by molar-refractivity contribution is 6.42. The zero-order valence-electron chi connectivity index (χ0n) is 22.8. The maximum Gasteiger partial charge on any atom is 0.196 e.